The Morgan fingerprint density at radius 1 is 1.16 bits per heavy atom. The zero-order valence-corrected chi connectivity index (χ0v) is 13.5. The molecule has 0 amide bonds. The average Bonchev–Trinajstić information content (AvgIpc) is 2.96. The van der Waals surface area contributed by atoms with Crippen molar-refractivity contribution in [1.82, 2.24) is 9.55 Å². The van der Waals surface area contributed by atoms with Crippen LogP contribution in [-0.4, -0.2) is 31.7 Å². The zero-order valence-electron chi connectivity index (χ0n) is 13.5. The Labute approximate surface area is 143 Å². The lowest BCUT2D eigenvalue weighted by Crippen LogP contribution is -2.25. The molecule has 1 aliphatic heterocycles. The maximum Gasteiger partial charge on any atom is 0.318 e. The van der Waals surface area contributed by atoms with E-state index in [1.165, 1.54) is 0 Å². The molecule has 1 atom stereocenters. The number of carbonyl (C=O) groups is 2. The Kier molecular flexibility index (Phi) is 3.35. The Morgan fingerprint density at radius 3 is 2.56 bits per heavy atom. The molecule has 25 heavy (non-hydrogen) atoms. The van der Waals surface area contributed by atoms with Crippen LogP contribution in [0.25, 0.3) is 11.0 Å². The molecule has 0 radical (unpaired) electrons. The minimum absolute atomic E-state index is 0.00514. The molecule has 0 spiro atoms. The van der Waals surface area contributed by atoms with E-state index in [-0.39, 0.29) is 12.5 Å². The lowest BCUT2D eigenvalue weighted by atomic mass is 9.94. The minimum atomic E-state index is -1.44. The number of para-hydroxylation sites is 1. The molecular weight excluding hydrogens is 320 g/mol. The van der Waals surface area contributed by atoms with Gasteiger partial charge in [0, 0.05) is 5.56 Å². The van der Waals surface area contributed by atoms with Crippen LogP contribution in [0, 0.1) is 12.8 Å². The summed E-state index contributed by atoms with van der Waals surface area (Å²) in [5.74, 6) is -3.15. The molecule has 0 saturated heterocycles. The molecule has 2 N–H and O–H groups in total. The van der Waals surface area contributed by atoms with E-state index < -0.39 is 17.9 Å². The van der Waals surface area contributed by atoms with Gasteiger partial charge in [0.25, 0.3) is 0 Å². The highest BCUT2D eigenvalue weighted by Gasteiger charge is 2.31. The molecule has 0 fully saturated rings. The lowest BCUT2D eigenvalue weighted by molar-refractivity contribution is -0.154. The van der Waals surface area contributed by atoms with E-state index in [2.05, 4.69) is 9.55 Å². The number of carboxylic acids is 2. The van der Waals surface area contributed by atoms with Crippen LogP contribution in [0.5, 0.6) is 0 Å². The summed E-state index contributed by atoms with van der Waals surface area (Å²) in [4.78, 5) is 26.9. The molecule has 3 aromatic rings. The maximum absolute atomic E-state index is 11.2. The number of aliphatic carboxylic acids is 2. The molecule has 6 heteroatoms. The fraction of sp³-hybridized carbons (Fsp3) is 0.211. The quantitative estimate of drug-likeness (QED) is 0.547. The van der Waals surface area contributed by atoms with E-state index >= 15 is 0 Å². The van der Waals surface area contributed by atoms with Gasteiger partial charge in [0.1, 0.15) is 5.82 Å². The van der Waals surface area contributed by atoms with Crippen LogP contribution in [0.2, 0.25) is 0 Å². The van der Waals surface area contributed by atoms with Gasteiger partial charge in [0.15, 0.2) is 5.92 Å². The van der Waals surface area contributed by atoms with Crippen molar-refractivity contribution in [1.29, 1.82) is 0 Å². The summed E-state index contributed by atoms with van der Waals surface area (Å²) in [6.45, 7) is 1.96. The van der Waals surface area contributed by atoms with Crippen molar-refractivity contribution in [3.63, 3.8) is 0 Å². The van der Waals surface area contributed by atoms with Crippen molar-refractivity contribution < 1.29 is 19.8 Å². The Hall–Kier alpha value is -3.15. The molecule has 4 rings (SSSR count). The van der Waals surface area contributed by atoms with Crippen molar-refractivity contribution >= 4 is 23.0 Å². The number of aryl methyl sites for hydroxylation is 1. The van der Waals surface area contributed by atoms with Crippen LogP contribution in [0.3, 0.4) is 0 Å². The summed E-state index contributed by atoms with van der Waals surface area (Å²) in [6.07, 6.45) is -0.0389. The van der Waals surface area contributed by atoms with Crippen LogP contribution >= 0.6 is 0 Å². The number of aromatic nitrogens is 2. The molecule has 2 aromatic carbocycles. The van der Waals surface area contributed by atoms with Crippen molar-refractivity contribution in [2.75, 3.05) is 0 Å². The molecule has 2 heterocycles. The molecule has 4 bridgehead atoms. The van der Waals surface area contributed by atoms with Gasteiger partial charge in [-0.1, -0.05) is 36.4 Å². The Balaban J connectivity index is 1.73. The first kappa shape index (κ1) is 15.4. The van der Waals surface area contributed by atoms with Crippen LogP contribution in [0.1, 0.15) is 28.6 Å². The normalized spacial score (nSPS) is 15.4. The zero-order chi connectivity index (χ0) is 17.7. The fourth-order valence-corrected chi connectivity index (χ4v) is 3.68. The summed E-state index contributed by atoms with van der Waals surface area (Å²) in [5.41, 5.74) is 4.89. The molecule has 1 aliphatic rings. The van der Waals surface area contributed by atoms with Crippen molar-refractivity contribution in [2.45, 2.75) is 19.4 Å². The first-order valence-corrected chi connectivity index (χ1v) is 7.99. The predicted octanol–water partition coefficient (Wildman–Crippen LogP) is 2.62. The van der Waals surface area contributed by atoms with E-state index in [1.54, 1.807) is 6.07 Å². The Morgan fingerprint density at radius 2 is 1.88 bits per heavy atom. The monoisotopic (exact) mass is 336 g/mol. The lowest BCUT2D eigenvalue weighted by Gasteiger charge is -2.20. The van der Waals surface area contributed by atoms with Crippen LogP contribution < -0.4 is 0 Å². The third kappa shape index (κ3) is 2.29. The number of benzene rings is 2. The molecule has 0 saturated carbocycles. The number of imidazole rings is 1. The van der Waals surface area contributed by atoms with Gasteiger partial charge < -0.3 is 14.8 Å². The highest BCUT2D eigenvalue weighted by atomic mass is 16.4. The molecule has 6 nitrogen and oxygen atoms in total. The highest BCUT2D eigenvalue weighted by Crippen LogP contribution is 2.41. The molecule has 126 valence electrons. The van der Waals surface area contributed by atoms with Crippen LogP contribution in [0.4, 0.5) is 0 Å². The summed E-state index contributed by atoms with van der Waals surface area (Å²) in [5, 5.41) is 18.2. The number of carboxylic acid groups (broad SMARTS) is 2. The third-order valence-electron chi connectivity index (χ3n) is 4.78. The largest absolute Gasteiger partial charge is 0.481 e. The average molecular weight is 336 g/mol. The summed E-state index contributed by atoms with van der Waals surface area (Å²) in [7, 11) is 0. The van der Waals surface area contributed by atoms with Gasteiger partial charge in [0.05, 0.1) is 17.1 Å². The third-order valence-corrected chi connectivity index (χ3v) is 4.78. The SMILES string of the molecule is Cc1nc2c3cccc2n1C3c1cccc(CC(C(=O)O)C(=O)O)c1. The standard InChI is InChI=1S/C19H16N2O4/c1-10-20-16-13-6-3-7-15(16)21(10)17(13)12-5-2-4-11(8-12)9-14(18(22)23)19(24)25/h2-8,14,17H,9H2,1H3,(H,22,23)(H,24,25). The summed E-state index contributed by atoms with van der Waals surface area (Å²) >= 11 is 0. The summed E-state index contributed by atoms with van der Waals surface area (Å²) < 4.78 is 2.16. The van der Waals surface area contributed by atoms with Crippen molar-refractivity contribution in [2.24, 2.45) is 5.92 Å². The number of rotatable bonds is 5. The minimum Gasteiger partial charge on any atom is -0.481 e. The van der Waals surface area contributed by atoms with Gasteiger partial charge in [-0.25, -0.2) is 4.98 Å². The second-order valence-corrected chi connectivity index (χ2v) is 6.32. The van der Waals surface area contributed by atoms with Gasteiger partial charge in [-0.3, -0.25) is 9.59 Å². The summed E-state index contributed by atoms with van der Waals surface area (Å²) in [6, 6.07) is 13.6. The van der Waals surface area contributed by atoms with E-state index in [0.717, 1.165) is 28.0 Å². The van der Waals surface area contributed by atoms with Crippen molar-refractivity contribution in [3.8, 4) is 0 Å². The highest BCUT2D eigenvalue weighted by molar-refractivity contribution is 5.93. The molecule has 0 aliphatic carbocycles. The fourth-order valence-electron chi connectivity index (χ4n) is 3.68. The predicted molar refractivity (Wildman–Crippen MR) is 90.6 cm³/mol. The number of hydrogen-bond donors (Lipinski definition) is 2. The molecule has 1 aromatic heterocycles. The number of hydrogen-bond acceptors (Lipinski definition) is 3. The topological polar surface area (TPSA) is 92.4 Å². The Bertz CT molecular complexity index is 1010. The molecule has 1 unspecified atom stereocenters. The first-order chi connectivity index (χ1) is 12.0. The van der Waals surface area contributed by atoms with E-state index in [4.69, 9.17) is 10.2 Å². The second kappa shape index (κ2) is 5.44. The van der Waals surface area contributed by atoms with Gasteiger partial charge >= 0.3 is 11.9 Å². The van der Waals surface area contributed by atoms with Crippen molar-refractivity contribution in [3.05, 3.63) is 65.0 Å². The van der Waals surface area contributed by atoms with Gasteiger partial charge in [-0.2, -0.15) is 0 Å². The van der Waals surface area contributed by atoms with Crippen LogP contribution in [0.15, 0.2) is 42.5 Å². The van der Waals surface area contributed by atoms with Gasteiger partial charge in [-0.05, 0) is 30.5 Å². The smallest absolute Gasteiger partial charge is 0.318 e. The van der Waals surface area contributed by atoms with E-state index in [1.807, 2.05) is 43.3 Å². The number of nitrogens with zero attached hydrogens (tertiary/aromatic N) is 2. The van der Waals surface area contributed by atoms with Crippen LogP contribution in [-0.2, 0) is 16.0 Å². The molecular formula is C19H16N2O4. The first-order valence-electron chi connectivity index (χ1n) is 7.99. The van der Waals surface area contributed by atoms with E-state index in [9.17, 15) is 9.59 Å². The van der Waals surface area contributed by atoms with Gasteiger partial charge in [-0.15, -0.1) is 0 Å². The maximum atomic E-state index is 11.2. The van der Waals surface area contributed by atoms with Gasteiger partial charge in [0.2, 0.25) is 0 Å². The second-order valence-electron chi connectivity index (χ2n) is 6.32. The van der Waals surface area contributed by atoms with E-state index in [0.29, 0.717) is 5.56 Å².